The van der Waals surface area contributed by atoms with Gasteiger partial charge in [0, 0.05) is 55.8 Å². The van der Waals surface area contributed by atoms with E-state index in [1.165, 1.54) is 6.20 Å². The molecule has 1 aromatic carbocycles. The molecule has 68 heavy (non-hydrogen) atoms. The molecule has 3 aromatic rings. The van der Waals surface area contributed by atoms with Gasteiger partial charge in [-0.15, -0.1) is 0 Å². The number of pyridine rings is 1. The molecule has 14 nitrogen and oxygen atoms in total. The normalized spacial score (nSPS) is 18.9. The third-order valence-electron chi connectivity index (χ3n) is 13.6. The van der Waals surface area contributed by atoms with Crippen LogP contribution in [0.15, 0.2) is 18.3 Å². The molecular weight excluding hydrogens is 912 g/mol. The molecule has 7 rings (SSSR count). The number of nitrogens with one attached hydrogen (secondary N) is 1. The minimum Gasteiger partial charge on any atom is -0.461 e. The summed E-state index contributed by atoms with van der Waals surface area (Å²) in [5.41, 5.74) is -3.50. The van der Waals surface area contributed by atoms with E-state index in [1.807, 2.05) is 4.90 Å². The molecule has 374 valence electrons. The molecule has 2 atom stereocenters. The quantitative estimate of drug-likeness (QED) is 0.0298. The second kappa shape index (κ2) is 23.8. The first kappa shape index (κ1) is 51.3. The summed E-state index contributed by atoms with van der Waals surface area (Å²) in [6, 6.07) is 1.78. The Morgan fingerprint density at radius 2 is 1.47 bits per heavy atom. The van der Waals surface area contributed by atoms with Gasteiger partial charge in [-0.2, -0.15) is 23.1 Å². The molecule has 4 saturated heterocycles. The van der Waals surface area contributed by atoms with Crippen molar-refractivity contribution in [2.75, 3.05) is 44.3 Å². The van der Waals surface area contributed by atoms with Gasteiger partial charge in [-0.3, -0.25) is 19.5 Å². The van der Waals surface area contributed by atoms with E-state index >= 15 is 4.39 Å². The van der Waals surface area contributed by atoms with Crippen molar-refractivity contribution in [3.05, 3.63) is 34.7 Å². The van der Waals surface area contributed by atoms with E-state index in [-0.39, 0.29) is 54.0 Å². The van der Waals surface area contributed by atoms with Crippen LogP contribution in [0.1, 0.15) is 148 Å². The molecule has 0 spiro atoms. The number of esters is 2. The highest BCUT2D eigenvalue weighted by molar-refractivity contribution is 6.32. The Bertz CT molecular complexity index is 2170. The van der Waals surface area contributed by atoms with Crippen molar-refractivity contribution in [3.8, 4) is 23.0 Å². The van der Waals surface area contributed by atoms with Gasteiger partial charge in [0.2, 0.25) is 0 Å². The Hall–Kier alpha value is -4.55. The van der Waals surface area contributed by atoms with Crippen LogP contribution in [0.3, 0.4) is 0 Å². The molecule has 4 fully saturated rings. The predicted octanol–water partition coefficient (Wildman–Crippen LogP) is 10.9. The van der Waals surface area contributed by atoms with E-state index in [4.69, 9.17) is 40.3 Å². The van der Waals surface area contributed by atoms with Crippen LogP contribution >= 0.6 is 11.6 Å². The highest BCUT2D eigenvalue weighted by atomic mass is 35.5. The van der Waals surface area contributed by atoms with E-state index < -0.39 is 70.6 Å². The number of alkyl halides is 3. The van der Waals surface area contributed by atoms with Gasteiger partial charge in [0.15, 0.2) is 12.4 Å². The summed E-state index contributed by atoms with van der Waals surface area (Å²) >= 11 is 6.27. The van der Waals surface area contributed by atoms with Gasteiger partial charge in [0.25, 0.3) is 6.29 Å². The second-order valence-electron chi connectivity index (χ2n) is 18.7. The molecule has 4 aliphatic heterocycles. The summed E-state index contributed by atoms with van der Waals surface area (Å²) in [7, 11) is 0. The van der Waals surface area contributed by atoms with E-state index in [9.17, 15) is 27.6 Å². The number of aromatic nitrogens is 3. The number of carbonyl (C=O) groups excluding carboxylic acids is 3. The number of halogens is 5. The van der Waals surface area contributed by atoms with Crippen LogP contribution in [0.5, 0.6) is 11.8 Å². The number of unbranched alkanes of at least 4 members (excludes halogenated alkanes) is 10. The number of fused-ring (bicyclic) bond motifs is 4. The summed E-state index contributed by atoms with van der Waals surface area (Å²) in [5, 5.41) is 2.84. The highest BCUT2D eigenvalue weighted by Crippen LogP contribution is 2.45. The van der Waals surface area contributed by atoms with Crippen LogP contribution in [0.2, 0.25) is 5.02 Å². The first-order valence-electron chi connectivity index (χ1n) is 24.7. The molecule has 2 bridgehead atoms. The van der Waals surface area contributed by atoms with E-state index in [1.54, 1.807) is 0 Å². The van der Waals surface area contributed by atoms with Crippen molar-refractivity contribution in [1.82, 2.24) is 25.2 Å². The molecule has 4 aliphatic rings. The van der Waals surface area contributed by atoms with Crippen molar-refractivity contribution in [2.45, 2.75) is 172 Å². The predicted molar refractivity (Wildman–Crippen MR) is 247 cm³/mol. The number of nitrogens with zero attached hydrogens (tertiary/aromatic N) is 5. The van der Waals surface area contributed by atoms with Crippen LogP contribution in [-0.2, 0) is 30.0 Å². The average molecular weight is 978 g/mol. The molecule has 0 saturated carbocycles. The molecule has 1 N–H and O–H groups in total. The number of benzene rings is 1. The Balaban J connectivity index is 1.11. The lowest BCUT2D eigenvalue weighted by atomic mass is 9.95. The molecule has 6 heterocycles. The standard InChI is InChI=1S/C49H65ClF4N6O8/c1-3-5-7-9-11-13-17-38(61)67-40(68-39(62)18-14-12-10-8-6-4-2)30-64-47(63)66-34-25-35(41(37(50)26-34)49(52,53)54)43-42(51)44-36(27-55-43)45(59-28-32-19-20-33(29-59)56-32)58-46(57-44)65-31-48-21-15-23-60(48)24-16-22-48/h25-27,32-33,40,56H,3-24,28-31H2,1-2H3. The van der Waals surface area contributed by atoms with Crippen molar-refractivity contribution >= 4 is 46.4 Å². The third-order valence-corrected chi connectivity index (χ3v) is 13.9. The second-order valence-corrected chi connectivity index (χ2v) is 19.1. The van der Waals surface area contributed by atoms with Crippen molar-refractivity contribution in [2.24, 2.45) is 0 Å². The summed E-state index contributed by atoms with van der Waals surface area (Å²) in [5.74, 6) is -2.69. The number of hydrogen-bond acceptors (Lipinski definition) is 14. The van der Waals surface area contributed by atoms with E-state index in [0.717, 1.165) is 128 Å². The van der Waals surface area contributed by atoms with Gasteiger partial charge in [-0.25, -0.2) is 9.18 Å². The van der Waals surface area contributed by atoms with Gasteiger partial charge in [-0.1, -0.05) is 89.7 Å². The molecule has 19 heteroatoms. The van der Waals surface area contributed by atoms with Gasteiger partial charge in [-0.05, 0) is 70.5 Å². The molecule has 2 unspecified atom stereocenters. The van der Waals surface area contributed by atoms with Gasteiger partial charge in [0.05, 0.1) is 21.5 Å². The van der Waals surface area contributed by atoms with E-state index in [2.05, 4.69) is 34.0 Å². The summed E-state index contributed by atoms with van der Waals surface area (Å²) in [6.45, 7) is 6.75. The lowest BCUT2D eigenvalue weighted by Crippen LogP contribution is -2.51. The zero-order valence-electron chi connectivity index (χ0n) is 39.2. The number of anilines is 1. The maximum Gasteiger partial charge on any atom is 0.514 e. The maximum absolute atomic E-state index is 17.1. The average Bonchev–Trinajstić information content (AvgIpc) is 3.99. The smallest absolute Gasteiger partial charge is 0.461 e. The van der Waals surface area contributed by atoms with Crippen LogP contribution in [-0.4, -0.2) is 101 Å². The Kier molecular flexibility index (Phi) is 18.0. The van der Waals surface area contributed by atoms with Crippen molar-refractivity contribution < 1.29 is 55.6 Å². The number of carbonyl (C=O) groups is 3. The van der Waals surface area contributed by atoms with Crippen LogP contribution in [0, 0.1) is 5.82 Å². The third kappa shape index (κ3) is 13.2. The van der Waals surface area contributed by atoms with Gasteiger partial charge in [0.1, 0.15) is 29.4 Å². The van der Waals surface area contributed by atoms with Crippen molar-refractivity contribution in [1.29, 1.82) is 0 Å². The molecule has 2 aromatic heterocycles. The van der Waals surface area contributed by atoms with Gasteiger partial charge >= 0.3 is 30.3 Å². The Morgan fingerprint density at radius 3 is 2.07 bits per heavy atom. The molecule has 0 radical (unpaired) electrons. The summed E-state index contributed by atoms with van der Waals surface area (Å²) < 4.78 is 89.2. The van der Waals surface area contributed by atoms with Gasteiger partial charge < -0.3 is 33.9 Å². The van der Waals surface area contributed by atoms with Crippen LogP contribution in [0.4, 0.5) is 28.2 Å². The minimum absolute atomic E-state index is 0.0477. The lowest BCUT2D eigenvalue weighted by Gasteiger charge is -2.34. The Morgan fingerprint density at radius 1 is 0.868 bits per heavy atom. The fourth-order valence-electron chi connectivity index (χ4n) is 10.1. The minimum atomic E-state index is -5.11. The first-order chi connectivity index (χ1) is 32.8. The van der Waals surface area contributed by atoms with Crippen LogP contribution in [0.25, 0.3) is 22.2 Å². The van der Waals surface area contributed by atoms with E-state index in [0.29, 0.717) is 31.7 Å². The number of hydrogen-bond donors (Lipinski definition) is 1. The summed E-state index contributed by atoms with van der Waals surface area (Å²) in [4.78, 5) is 56.6. The van der Waals surface area contributed by atoms with Crippen LogP contribution < -0.4 is 19.7 Å². The zero-order chi connectivity index (χ0) is 48.3. The molecule has 0 aliphatic carbocycles. The fourth-order valence-corrected chi connectivity index (χ4v) is 10.4. The number of ether oxygens (including phenoxy) is 5. The highest BCUT2D eigenvalue weighted by Gasteiger charge is 2.45. The number of piperazine rings is 1. The Labute approximate surface area is 400 Å². The SMILES string of the molecule is CCCCCCCCC(=O)OC(COC(=O)Oc1cc(Cl)c(C(F)(F)F)c(-c2ncc3c(N4CC5CCC(C4)N5)nc(OCC45CCCN4CCC5)nc3c2F)c1)OC(=O)CCCCCCCC. The lowest BCUT2D eigenvalue weighted by molar-refractivity contribution is -0.195. The molecular formula is C49H65ClF4N6O8. The monoisotopic (exact) mass is 976 g/mol. The largest absolute Gasteiger partial charge is 0.514 e. The fraction of sp³-hybridized carbons (Fsp3) is 0.673. The zero-order valence-corrected chi connectivity index (χ0v) is 40.0. The summed E-state index contributed by atoms with van der Waals surface area (Å²) in [6.07, 6.45) is 10.0. The first-order valence-corrected chi connectivity index (χ1v) is 25.0. The maximum atomic E-state index is 17.1. The van der Waals surface area contributed by atoms with Crippen molar-refractivity contribution in [3.63, 3.8) is 0 Å². The molecule has 0 amide bonds. The topological polar surface area (TPSA) is 155 Å². The number of rotatable bonds is 24.